The van der Waals surface area contributed by atoms with Gasteiger partial charge in [0, 0.05) is 30.4 Å². The number of aromatic nitrogens is 1. The molecule has 0 spiro atoms. The summed E-state index contributed by atoms with van der Waals surface area (Å²) in [6.45, 7) is 3.31. The average Bonchev–Trinajstić information content (AvgIpc) is 2.84. The zero-order chi connectivity index (χ0) is 13.0. The van der Waals surface area contributed by atoms with Crippen molar-refractivity contribution in [1.29, 1.82) is 0 Å². The minimum absolute atomic E-state index is 0.192. The summed E-state index contributed by atoms with van der Waals surface area (Å²) in [4.78, 5) is 15.5. The Kier molecular flexibility index (Phi) is 4.15. The molecule has 0 amide bonds. The zero-order valence-corrected chi connectivity index (χ0v) is 10.7. The fourth-order valence-electron chi connectivity index (χ4n) is 2.08. The van der Waals surface area contributed by atoms with Gasteiger partial charge in [-0.25, -0.2) is 0 Å². The van der Waals surface area contributed by atoms with Gasteiger partial charge in [-0.1, -0.05) is 0 Å². The third kappa shape index (κ3) is 3.20. The lowest BCUT2D eigenvalue weighted by Gasteiger charge is -2.11. The zero-order valence-electron chi connectivity index (χ0n) is 10.7. The van der Waals surface area contributed by atoms with E-state index >= 15 is 0 Å². The number of methoxy groups -OCH3 is 1. The highest BCUT2D eigenvalue weighted by Crippen LogP contribution is 2.18. The topological polar surface area (TPSA) is 60.5 Å². The SMILES string of the molecule is COC(=O)[C@@H]1C[C@@H](COc2ccnc(C)c2)CN1. The predicted molar refractivity (Wildman–Crippen MR) is 66.4 cm³/mol. The van der Waals surface area contributed by atoms with E-state index in [9.17, 15) is 4.79 Å². The quantitative estimate of drug-likeness (QED) is 0.805. The molecule has 0 bridgehead atoms. The standard InChI is InChI=1S/C13H18N2O3/c1-9-5-11(3-4-14-9)18-8-10-6-12(15-7-10)13(16)17-2/h3-5,10,12,15H,6-8H2,1-2H3/t10-,12+/m1/s1. The van der Waals surface area contributed by atoms with Crippen molar-refractivity contribution in [3.05, 3.63) is 24.0 Å². The Morgan fingerprint density at radius 2 is 2.44 bits per heavy atom. The molecule has 0 aromatic carbocycles. The van der Waals surface area contributed by atoms with Crippen molar-refractivity contribution < 1.29 is 14.3 Å². The second kappa shape index (κ2) is 5.82. The summed E-state index contributed by atoms with van der Waals surface area (Å²) in [6.07, 6.45) is 2.49. The number of nitrogens with zero attached hydrogens (tertiary/aromatic N) is 1. The van der Waals surface area contributed by atoms with E-state index in [1.165, 1.54) is 7.11 Å². The molecule has 1 aromatic heterocycles. The van der Waals surface area contributed by atoms with Crippen LogP contribution < -0.4 is 10.1 Å². The summed E-state index contributed by atoms with van der Waals surface area (Å²) in [5, 5.41) is 3.14. The Morgan fingerprint density at radius 1 is 1.61 bits per heavy atom. The molecule has 0 unspecified atom stereocenters. The first kappa shape index (κ1) is 12.8. The van der Waals surface area contributed by atoms with Gasteiger partial charge in [0.25, 0.3) is 0 Å². The second-order valence-corrected chi connectivity index (χ2v) is 4.53. The van der Waals surface area contributed by atoms with Gasteiger partial charge in [-0.05, 0) is 19.4 Å². The summed E-state index contributed by atoms with van der Waals surface area (Å²) in [6, 6.07) is 3.55. The number of pyridine rings is 1. The van der Waals surface area contributed by atoms with Crippen LogP contribution in [0.1, 0.15) is 12.1 Å². The van der Waals surface area contributed by atoms with Gasteiger partial charge in [0.2, 0.25) is 0 Å². The molecule has 1 aliphatic heterocycles. The summed E-state index contributed by atoms with van der Waals surface area (Å²) < 4.78 is 10.4. The number of carbonyl (C=O) groups is 1. The number of hydrogen-bond acceptors (Lipinski definition) is 5. The molecule has 2 atom stereocenters. The van der Waals surface area contributed by atoms with Crippen LogP contribution in [0, 0.1) is 12.8 Å². The van der Waals surface area contributed by atoms with Crippen molar-refractivity contribution in [2.45, 2.75) is 19.4 Å². The van der Waals surface area contributed by atoms with E-state index < -0.39 is 0 Å². The molecule has 5 heteroatoms. The van der Waals surface area contributed by atoms with E-state index in [0.29, 0.717) is 12.5 Å². The molecular formula is C13H18N2O3. The Labute approximate surface area is 107 Å². The normalized spacial score (nSPS) is 22.8. The molecule has 1 saturated heterocycles. The summed E-state index contributed by atoms with van der Waals surface area (Å²) >= 11 is 0. The molecule has 0 aliphatic carbocycles. The molecule has 0 radical (unpaired) electrons. The van der Waals surface area contributed by atoms with E-state index in [0.717, 1.165) is 24.4 Å². The molecule has 2 heterocycles. The van der Waals surface area contributed by atoms with Gasteiger partial charge in [0.15, 0.2) is 0 Å². The van der Waals surface area contributed by atoms with Gasteiger partial charge in [-0.15, -0.1) is 0 Å². The Balaban J connectivity index is 1.80. The van der Waals surface area contributed by atoms with Crippen molar-refractivity contribution in [2.24, 2.45) is 5.92 Å². The highest BCUT2D eigenvalue weighted by Gasteiger charge is 2.30. The molecule has 5 nitrogen and oxygen atoms in total. The molecule has 1 N–H and O–H groups in total. The molecule has 1 fully saturated rings. The first-order chi connectivity index (χ1) is 8.69. The van der Waals surface area contributed by atoms with Crippen molar-refractivity contribution in [2.75, 3.05) is 20.3 Å². The molecule has 18 heavy (non-hydrogen) atoms. The minimum atomic E-state index is -0.197. The largest absolute Gasteiger partial charge is 0.493 e. The molecule has 2 rings (SSSR count). The number of esters is 1. The molecule has 1 aromatic rings. The maximum absolute atomic E-state index is 11.3. The first-order valence-corrected chi connectivity index (χ1v) is 6.05. The van der Waals surface area contributed by atoms with E-state index in [-0.39, 0.29) is 12.0 Å². The highest BCUT2D eigenvalue weighted by atomic mass is 16.5. The number of nitrogens with one attached hydrogen (secondary N) is 1. The smallest absolute Gasteiger partial charge is 0.322 e. The van der Waals surface area contributed by atoms with E-state index in [4.69, 9.17) is 9.47 Å². The summed E-state index contributed by atoms with van der Waals surface area (Å²) in [5.74, 6) is 0.962. The van der Waals surface area contributed by atoms with Crippen LogP contribution in [-0.4, -0.2) is 37.3 Å². The second-order valence-electron chi connectivity index (χ2n) is 4.53. The average molecular weight is 250 g/mol. The van der Waals surface area contributed by atoms with Gasteiger partial charge in [0.05, 0.1) is 13.7 Å². The van der Waals surface area contributed by atoms with Crippen LogP contribution in [0.5, 0.6) is 5.75 Å². The summed E-state index contributed by atoms with van der Waals surface area (Å²) in [5.41, 5.74) is 0.935. The number of hydrogen-bond donors (Lipinski definition) is 1. The van der Waals surface area contributed by atoms with Gasteiger partial charge in [-0.2, -0.15) is 0 Å². The lowest BCUT2D eigenvalue weighted by molar-refractivity contribution is -0.142. The van der Waals surface area contributed by atoms with E-state index in [2.05, 4.69) is 10.3 Å². The minimum Gasteiger partial charge on any atom is -0.493 e. The van der Waals surface area contributed by atoms with Crippen molar-refractivity contribution >= 4 is 5.97 Å². The number of rotatable bonds is 4. The van der Waals surface area contributed by atoms with Crippen LogP contribution in [0.4, 0.5) is 0 Å². The van der Waals surface area contributed by atoms with Crippen molar-refractivity contribution in [3.8, 4) is 5.75 Å². The van der Waals surface area contributed by atoms with Crippen LogP contribution in [0.3, 0.4) is 0 Å². The van der Waals surface area contributed by atoms with Gasteiger partial charge >= 0.3 is 5.97 Å². The van der Waals surface area contributed by atoms with Crippen molar-refractivity contribution in [1.82, 2.24) is 10.3 Å². The molecular weight excluding hydrogens is 232 g/mol. The third-order valence-electron chi connectivity index (χ3n) is 3.06. The van der Waals surface area contributed by atoms with Crippen LogP contribution in [0.25, 0.3) is 0 Å². The lowest BCUT2D eigenvalue weighted by Crippen LogP contribution is -2.31. The Bertz CT molecular complexity index is 422. The Morgan fingerprint density at radius 3 is 3.17 bits per heavy atom. The fraction of sp³-hybridized carbons (Fsp3) is 0.538. The fourth-order valence-corrected chi connectivity index (χ4v) is 2.08. The van der Waals surface area contributed by atoms with Crippen LogP contribution in [0.15, 0.2) is 18.3 Å². The number of ether oxygens (including phenoxy) is 2. The van der Waals surface area contributed by atoms with E-state index in [1.54, 1.807) is 6.20 Å². The molecule has 0 saturated carbocycles. The predicted octanol–water partition coefficient (Wildman–Crippen LogP) is 0.920. The lowest BCUT2D eigenvalue weighted by atomic mass is 10.1. The highest BCUT2D eigenvalue weighted by molar-refractivity contribution is 5.76. The van der Waals surface area contributed by atoms with Gasteiger partial charge in [-0.3, -0.25) is 9.78 Å². The van der Waals surface area contributed by atoms with Gasteiger partial charge in [0.1, 0.15) is 11.8 Å². The Hall–Kier alpha value is -1.62. The van der Waals surface area contributed by atoms with Crippen LogP contribution >= 0.6 is 0 Å². The maximum atomic E-state index is 11.3. The number of aryl methyl sites for hydroxylation is 1. The third-order valence-corrected chi connectivity index (χ3v) is 3.06. The monoisotopic (exact) mass is 250 g/mol. The molecule has 98 valence electrons. The first-order valence-electron chi connectivity index (χ1n) is 6.05. The number of carbonyl (C=O) groups excluding carboxylic acids is 1. The van der Waals surface area contributed by atoms with Crippen LogP contribution in [0.2, 0.25) is 0 Å². The van der Waals surface area contributed by atoms with Gasteiger partial charge < -0.3 is 14.8 Å². The van der Waals surface area contributed by atoms with Crippen molar-refractivity contribution in [3.63, 3.8) is 0 Å². The maximum Gasteiger partial charge on any atom is 0.322 e. The van der Waals surface area contributed by atoms with E-state index in [1.807, 2.05) is 19.1 Å². The molecule has 1 aliphatic rings. The van der Waals surface area contributed by atoms with Crippen LogP contribution in [-0.2, 0) is 9.53 Å². The summed E-state index contributed by atoms with van der Waals surface area (Å²) in [7, 11) is 1.41.